The van der Waals surface area contributed by atoms with Gasteiger partial charge in [-0.1, -0.05) is 27.2 Å². The highest BCUT2D eigenvalue weighted by Crippen LogP contribution is 2.49. The van der Waals surface area contributed by atoms with E-state index in [9.17, 15) is 5.11 Å². The molecule has 0 aromatic heterocycles. The number of nitrogens with two attached hydrogens (primary N) is 1. The molecule has 0 radical (unpaired) electrons. The summed E-state index contributed by atoms with van der Waals surface area (Å²) in [6, 6.07) is 3.84. The van der Waals surface area contributed by atoms with Crippen LogP contribution in [0.3, 0.4) is 0 Å². The first kappa shape index (κ1) is 14.2. The van der Waals surface area contributed by atoms with Crippen molar-refractivity contribution >= 4 is 0 Å². The van der Waals surface area contributed by atoms with Gasteiger partial charge in [0.25, 0.3) is 0 Å². The summed E-state index contributed by atoms with van der Waals surface area (Å²) in [6.45, 7) is 6.87. The van der Waals surface area contributed by atoms with Gasteiger partial charge in [-0.2, -0.15) is 0 Å². The van der Waals surface area contributed by atoms with Gasteiger partial charge in [0.1, 0.15) is 11.5 Å². The molecular weight excluding hydrogens is 238 g/mol. The molecule has 0 heterocycles. The summed E-state index contributed by atoms with van der Waals surface area (Å²) in [5.41, 5.74) is 7.84. The summed E-state index contributed by atoms with van der Waals surface area (Å²) in [7, 11) is 1.69. The zero-order valence-electron chi connectivity index (χ0n) is 12.4. The lowest BCUT2D eigenvalue weighted by Crippen LogP contribution is -2.41. The normalized spacial score (nSPS) is 17.9. The summed E-state index contributed by atoms with van der Waals surface area (Å²) < 4.78 is 5.55. The molecule has 0 unspecified atom stereocenters. The van der Waals surface area contributed by atoms with E-state index in [0.29, 0.717) is 12.3 Å². The first-order chi connectivity index (χ1) is 8.84. The van der Waals surface area contributed by atoms with Gasteiger partial charge >= 0.3 is 0 Å². The van der Waals surface area contributed by atoms with E-state index in [1.807, 2.05) is 12.1 Å². The molecule has 3 N–H and O–H groups in total. The summed E-state index contributed by atoms with van der Waals surface area (Å²) in [5, 5.41) is 10.3. The van der Waals surface area contributed by atoms with E-state index in [2.05, 4.69) is 20.8 Å². The number of hydrogen-bond donors (Lipinski definition) is 2. The number of phenolic OH excluding ortho intramolecular Hbond substituents is 1. The third-order valence-electron chi connectivity index (χ3n) is 4.40. The molecule has 106 valence electrons. The number of methoxy groups -OCH3 is 1. The van der Waals surface area contributed by atoms with E-state index in [4.69, 9.17) is 10.5 Å². The maximum absolute atomic E-state index is 10.3. The van der Waals surface area contributed by atoms with Gasteiger partial charge in [-0.15, -0.1) is 0 Å². The van der Waals surface area contributed by atoms with E-state index >= 15 is 0 Å². The summed E-state index contributed by atoms with van der Waals surface area (Å²) in [4.78, 5) is 0. The second-order valence-electron chi connectivity index (χ2n) is 6.66. The topological polar surface area (TPSA) is 55.5 Å². The van der Waals surface area contributed by atoms with Crippen molar-refractivity contribution in [2.75, 3.05) is 13.7 Å². The Morgan fingerprint density at radius 1 is 1.32 bits per heavy atom. The maximum Gasteiger partial charge on any atom is 0.123 e. The van der Waals surface area contributed by atoms with Crippen LogP contribution < -0.4 is 10.5 Å². The SMILES string of the molecule is COc1cc(C(C)(C)C)c(O)cc1C1(CN)CCC1. The Kier molecular flexibility index (Phi) is 3.52. The Balaban J connectivity index is 2.55. The molecule has 0 bridgehead atoms. The zero-order valence-corrected chi connectivity index (χ0v) is 12.4. The van der Waals surface area contributed by atoms with Crippen molar-refractivity contribution in [1.82, 2.24) is 0 Å². The molecule has 19 heavy (non-hydrogen) atoms. The standard InChI is InChI=1S/C16H25NO2/c1-15(2,3)11-9-14(19-4)12(8-13(11)18)16(10-17)6-5-7-16/h8-9,18H,5-7,10,17H2,1-4H3. The molecule has 0 aliphatic heterocycles. The van der Waals surface area contributed by atoms with Crippen LogP contribution in [0, 0.1) is 0 Å². The molecule has 1 aromatic rings. The highest BCUT2D eigenvalue weighted by molar-refractivity contribution is 5.52. The molecule has 0 atom stereocenters. The quantitative estimate of drug-likeness (QED) is 0.881. The van der Waals surface area contributed by atoms with Crippen LogP contribution in [0.4, 0.5) is 0 Å². The van der Waals surface area contributed by atoms with Crippen molar-refractivity contribution in [3.8, 4) is 11.5 Å². The second-order valence-corrected chi connectivity index (χ2v) is 6.66. The largest absolute Gasteiger partial charge is 0.508 e. The molecule has 2 rings (SSSR count). The number of phenols is 1. The summed E-state index contributed by atoms with van der Waals surface area (Å²) >= 11 is 0. The fourth-order valence-corrected chi connectivity index (χ4v) is 2.94. The van der Waals surface area contributed by atoms with Crippen LogP contribution in [0.15, 0.2) is 12.1 Å². The van der Waals surface area contributed by atoms with Gasteiger partial charge in [-0.3, -0.25) is 0 Å². The van der Waals surface area contributed by atoms with Crippen LogP contribution >= 0.6 is 0 Å². The molecule has 1 aromatic carbocycles. The second kappa shape index (κ2) is 4.71. The molecule has 1 saturated carbocycles. The number of aromatic hydroxyl groups is 1. The highest BCUT2D eigenvalue weighted by Gasteiger charge is 2.40. The fourth-order valence-electron chi connectivity index (χ4n) is 2.94. The Bertz CT molecular complexity index is 465. The highest BCUT2D eigenvalue weighted by atomic mass is 16.5. The van der Waals surface area contributed by atoms with E-state index in [1.54, 1.807) is 7.11 Å². The third-order valence-corrected chi connectivity index (χ3v) is 4.40. The molecule has 1 aliphatic rings. The number of rotatable bonds is 3. The lowest BCUT2D eigenvalue weighted by Gasteiger charge is -2.42. The average molecular weight is 263 g/mol. The monoisotopic (exact) mass is 263 g/mol. The summed E-state index contributed by atoms with van der Waals surface area (Å²) in [6.07, 6.45) is 3.35. The minimum Gasteiger partial charge on any atom is -0.508 e. The molecule has 1 fully saturated rings. The Morgan fingerprint density at radius 3 is 2.32 bits per heavy atom. The molecule has 0 spiro atoms. The lowest BCUT2D eigenvalue weighted by molar-refractivity contribution is 0.242. The van der Waals surface area contributed by atoms with Gasteiger partial charge in [0.05, 0.1) is 7.11 Å². The molecule has 0 amide bonds. The Hall–Kier alpha value is -1.22. The van der Waals surface area contributed by atoms with Crippen LogP contribution in [0.2, 0.25) is 0 Å². The maximum atomic E-state index is 10.3. The number of ether oxygens (including phenoxy) is 1. The summed E-state index contributed by atoms with van der Waals surface area (Å²) in [5.74, 6) is 1.20. The first-order valence-electron chi connectivity index (χ1n) is 6.96. The van der Waals surface area contributed by atoms with Crippen molar-refractivity contribution in [3.63, 3.8) is 0 Å². The fraction of sp³-hybridized carbons (Fsp3) is 0.625. The Morgan fingerprint density at radius 2 is 1.95 bits per heavy atom. The predicted octanol–water partition coefficient (Wildman–Crippen LogP) is 3.08. The van der Waals surface area contributed by atoms with Crippen molar-refractivity contribution in [3.05, 3.63) is 23.3 Å². The minimum atomic E-state index is -0.106. The van der Waals surface area contributed by atoms with E-state index in [0.717, 1.165) is 29.7 Å². The van der Waals surface area contributed by atoms with Gasteiger partial charge in [0.2, 0.25) is 0 Å². The van der Waals surface area contributed by atoms with Crippen molar-refractivity contribution in [1.29, 1.82) is 0 Å². The smallest absolute Gasteiger partial charge is 0.123 e. The van der Waals surface area contributed by atoms with Gasteiger partial charge in [0, 0.05) is 23.1 Å². The van der Waals surface area contributed by atoms with Gasteiger partial charge < -0.3 is 15.6 Å². The number of benzene rings is 1. The molecule has 0 saturated heterocycles. The van der Waals surface area contributed by atoms with E-state index in [-0.39, 0.29) is 10.8 Å². The molecule has 3 heteroatoms. The Labute approximate surface area is 115 Å². The van der Waals surface area contributed by atoms with E-state index in [1.165, 1.54) is 6.42 Å². The van der Waals surface area contributed by atoms with Crippen molar-refractivity contribution < 1.29 is 9.84 Å². The van der Waals surface area contributed by atoms with Crippen molar-refractivity contribution in [2.24, 2.45) is 5.73 Å². The third kappa shape index (κ3) is 2.32. The van der Waals surface area contributed by atoms with Crippen LogP contribution in [0.5, 0.6) is 11.5 Å². The zero-order chi connectivity index (χ0) is 14.3. The van der Waals surface area contributed by atoms with Gasteiger partial charge in [-0.05, 0) is 30.4 Å². The van der Waals surface area contributed by atoms with E-state index < -0.39 is 0 Å². The molecule has 1 aliphatic carbocycles. The van der Waals surface area contributed by atoms with Gasteiger partial charge in [0.15, 0.2) is 0 Å². The van der Waals surface area contributed by atoms with Crippen molar-refractivity contribution in [2.45, 2.75) is 50.9 Å². The number of hydrogen-bond acceptors (Lipinski definition) is 3. The predicted molar refractivity (Wildman–Crippen MR) is 77.9 cm³/mol. The van der Waals surface area contributed by atoms with Crippen LogP contribution in [0.1, 0.15) is 51.2 Å². The van der Waals surface area contributed by atoms with Crippen LogP contribution in [-0.4, -0.2) is 18.8 Å². The minimum absolute atomic E-state index is 0.000756. The molecular formula is C16H25NO2. The average Bonchev–Trinajstić information content (AvgIpc) is 2.27. The lowest BCUT2D eigenvalue weighted by atomic mass is 9.64. The van der Waals surface area contributed by atoms with Crippen LogP contribution in [0.25, 0.3) is 0 Å². The molecule has 3 nitrogen and oxygen atoms in total. The van der Waals surface area contributed by atoms with Crippen LogP contribution in [-0.2, 0) is 10.8 Å². The van der Waals surface area contributed by atoms with Gasteiger partial charge in [-0.25, -0.2) is 0 Å². The first-order valence-corrected chi connectivity index (χ1v) is 6.96.